The van der Waals surface area contributed by atoms with Crippen LogP contribution in [-0.2, 0) is 0 Å². The van der Waals surface area contributed by atoms with Crippen molar-refractivity contribution in [3.63, 3.8) is 0 Å². The number of halogens is 1. The highest BCUT2D eigenvalue weighted by Crippen LogP contribution is 2.31. The average molecular weight is 278 g/mol. The first-order valence-corrected chi connectivity index (χ1v) is 6.34. The molecule has 0 saturated heterocycles. The Morgan fingerprint density at radius 1 is 1.57 bits per heavy atom. The highest BCUT2D eigenvalue weighted by atomic mass is 79.9. The van der Waals surface area contributed by atoms with Crippen LogP contribution in [0.4, 0.5) is 0 Å². The lowest BCUT2D eigenvalue weighted by atomic mass is 9.95. The fourth-order valence-corrected chi connectivity index (χ4v) is 2.94. The second kappa shape index (κ2) is 5.85. The van der Waals surface area contributed by atoms with E-state index in [2.05, 4.69) is 35.0 Å². The van der Waals surface area contributed by atoms with Crippen molar-refractivity contribution in [2.24, 2.45) is 11.7 Å². The lowest BCUT2D eigenvalue weighted by molar-refractivity contribution is 0.217. The maximum absolute atomic E-state index is 9.04. The molecule has 0 aromatic carbocycles. The van der Waals surface area contributed by atoms with Crippen LogP contribution in [0.25, 0.3) is 0 Å². The largest absolute Gasteiger partial charge is 0.396 e. The van der Waals surface area contributed by atoms with Gasteiger partial charge in [0.1, 0.15) is 0 Å². The summed E-state index contributed by atoms with van der Waals surface area (Å²) in [6, 6.07) is 4.19. The monoisotopic (exact) mass is 277 g/mol. The molecule has 0 bridgehead atoms. The van der Waals surface area contributed by atoms with E-state index >= 15 is 0 Å². The number of thiophene rings is 1. The van der Waals surface area contributed by atoms with Gasteiger partial charge in [-0.05, 0) is 52.9 Å². The molecule has 0 aliphatic heterocycles. The van der Waals surface area contributed by atoms with Gasteiger partial charge in [0, 0.05) is 11.5 Å². The van der Waals surface area contributed by atoms with Gasteiger partial charge in [0.2, 0.25) is 0 Å². The first-order chi connectivity index (χ1) is 6.67. The van der Waals surface area contributed by atoms with Crippen molar-refractivity contribution in [3.8, 4) is 0 Å². The summed E-state index contributed by atoms with van der Waals surface area (Å²) in [5.74, 6) is 0.706. The van der Waals surface area contributed by atoms with E-state index in [1.54, 1.807) is 11.3 Å². The summed E-state index contributed by atoms with van der Waals surface area (Å²) in [7, 11) is 0. The molecule has 1 aromatic rings. The van der Waals surface area contributed by atoms with Crippen LogP contribution >= 0.6 is 27.3 Å². The standard InChI is InChI=1S/C10H16BrNOS/c1-7(4-8(5-12)6-13)9-2-3-10(11)14-9/h2-3,7-8,13H,4-6,12H2,1H3. The van der Waals surface area contributed by atoms with Crippen LogP contribution in [0.5, 0.6) is 0 Å². The minimum absolute atomic E-state index is 0.188. The van der Waals surface area contributed by atoms with Crippen molar-refractivity contribution in [3.05, 3.63) is 20.8 Å². The lowest BCUT2D eigenvalue weighted by Crippen LogP contribution is -2.19. The summed E-state index contributed by atoms with van der Waals surface area (Å²) in [6.07, 6.45) is 0.958. The molecule has 2 atom stereocenters. The Hall–Kier alpha value is 0.1000. The summed E-state index contributed by atoms with van der Waals surface area (Å²) in [6.45, 7) is 2.93. The van der Waals surface area contributed by atoms with Crippen LogP contribution in [-0.4, -0.2) is 18.3 Å². The Balaban J connectivity index is 2.53. The van der Waals surface area contributed by atoms with E-state index in [-0.39, 0.29) is 12.5 Å². The van der Waals surface area contributed by atoms with Crippen molar-refractivity contribution in [2.75, 3.05) is 13.2 Å². The molecule has 0 amide bonds. The number of hydrogen-bond acceptors (Lipinski definition) is 3. The summed E-state index contributed by atoms with van der Waals surface area (Å²) in [5, 5.41) is 9.04. The molecule has 1 rings (SSSR count). The normalized spacial score (nSPS) is 15.4. The van der Waals surface area contributed by atoms with E-state index in [1.165, 1.54) is 4.88 Å². The van der Waals surface area contributed by atoms with E-state index in [1.807, 2.05) is 0 Å². The van der Waals surface area contributed by atoms with Gasteiger partial charge in [0.25, 0.3) is 0 Å². The number of nitrogens with two attached hydrogens (primary N) is 1. The molecule has 0 aliphatic carbocycles. The predicted octanol–water partition coefficient (Wildman–Crippen LogP) is 2.57. The summed E-state index contributed by atoms with van der Waals surface area (Å²) in [5.41, 5.74) is 5.55. The highest BCUT2D eigenvalue weighted by Gasteiger charge is 2.13. The van der Waals surface area contributed by atoms with E-state index in [4.69, 9.17) is 10.8 Å². The molecule has 2 nitrogen and oxygen atoms in total. The second-order valence-electron chi connectivity index (χ2n) is 3.56. The van der Waals surface area contributed by atoms with Gasteiger partial charge in [-0.3, -0.25) is 0 Å². The van der Waals surface area contributed by atoms with Gasteiger partial charge in [-0.2, -0.15) is 0 Å². The van der Waals surface area contributed by atoms with E-state index < -0.39 is 0 Å². The van der Waals surface area contributed by atoms with Crippen molar-refractivity contribution in [2.45, 2.75) is 19.3 Å². The smallest absolute Gasteiger partial charge is 0.0701 e. The maximum Gasteiger partial charge on any atom is 0.0701 e. The fraction of sp³-hybridized carbons (Fsp3) is 0.600. The van der Waals surface area contributed by atoms with Crippen LogP contribution in [0.1, 0.15) is 24.1 Å². The van der Waals surface area contributed by atoms with Gasteiger partial charge < -0.3 is 10.8 Å². The summed E-state index contributed by atoms with van der Waals surface area (Å²) >= 11 is 5.20. The quantitative estimate of drug-likeness (QED) is 0.869. The number of aliphatic hydroxyl groups excluding tert-OH is 1. The van der Waals surface area contributed by atoms with Crippen molar-refractivity contribution in [1.82, 2.24) is 0 Å². The third-order valence-corrected chi connectivity index (χ3v) is 4.21. The molecule has 14 heavy (non-hydrogen) atoms. The molecule has 1 aromatic heterocycles. The maximum atomic E-state index is 9.04. The van der Waals surface area contributed by atoms with Gasteiger partial charge in [-0.25, -0.2) is 0 Å². The molecule has 1 heterocycles. The van der Waals surface area contributed by atoms with E-state index in [0.717, 1.165) is 10.2 Å². The van der Waals surface area contributed by atoms with Crippen LogP contribution in [0.3, 0.4) is 0 Å². The zero-order valence-electron chi connectivity index (χ0n) is 8.24. The van der Waals surface area contributed by atoms with Gasteiger partial charge in [-0.1, -0.05) is 6.92 Å². The van der Waals surface area contributed by atoms with Gasteiger partial charge in [0.15, 0.2) is 0 Å². The second-order valence-corrected chi connectivity index (χ2v) is 6.06. The molecule has 4 heteroatoms. The number of rotatable bonds is 5. The van der Waals surface area contributed by atoms with Crippen LogP contribution < -0.4 is 5.73 Å². The Labute approximate surface area is 97.3 Å². The number of aliphatic hydroxyl groups is 1. The first-order valence-electron chi connectivity index (χ1n) is 4.73. The third kappa shape index (κ3) is 3.35. The van der Waals surface area contributed by atoms with Crippen LogP contribution in [0, 0.1) is 5.92 Å². The van der Waals surface area contributed by atoms with Crippen LogP contribution in [0.15, 0.2) is 15.9 Å². The Kier molecular flexibility index (Phi) is 5.09. The van der Waals surface area contributed by atoms with Crippen LogP contribution in [0.2, 0.25) is 0 Å². The first kappa shape index (κ1) is 12.2. The van der Waals surface area contributed by atoms with Crippen molar-refractivity contribution in [1.29, 1.82) is 0 Å². The van der Waals surface area contributed by atoms with Crippen molar-refractivity contribution >= 4 is 27.3 Å². The highest BCUT2D eigenvalue weighted by molar-refractivity contribution is 9.11. The zero-order valence-corrected chi connectivity index (χ0v) is 10.6. The topological polar surface area (TPSA) is 46.2 Å². The molecule has 2 unspecified atom stereocenters. The minimum atomic E-state index is 0.188. The Morgan fingerprint density at radius 2 is 2.29 bits per heavy atom. The SMILES string of the molecule is CC(CC(CN)CO)c1ccc(Br)s1. The lowest BCUT2D eigenvalue weighted by Gasteiger charge is -2.16. The van der Waals surface area contributed by atoms with Gasteiger partial charge >= 0.3 is 0 Å². The summed E-state index contributed by atoms with van der Waals surface area (Å²) < 4.78 is 1.16. The molecule has 0 radical (unpaired) electrons. The number of hydrogen-bond donors (Lipinski definition) is 2. The third-order valence-electron chi connectivity index (χ3n) is 2.36. The minimum Gasteiger partial charge on any atom is -0.396 e. The molecular formula is C10H16BrNOS. The summed E-state index contributed by atoms with van der Waals surface area (Å²) in [4.78, 5) is 1.35. The molecule has 3 N–H and O–H groups in total. The fourth-order valence-electron chi connectivity index (χ4n) is 1.45. The molecule has 0 saturated carbocycles. The molecular weight excluding hydrogens is 262 g/mol. The van der Waals surface area contributed by atoms with E-state index in [0.29, 0.717) is 12.5 Å². The zero-order chi connectivity index (χ0) is 10.6. The van der Waals surface area contributed by atoms with Gasteiger partial charge in [-0.15, -0.1) is 11.3 Å². The molecule has 0 aliphatic rings. The molecule has 0 fully saturated rings. The average Bonchev–Trinajstić information content (AvgIpc) is 2.61. The molecule has 0 spiro atoms. The van der Waals surface area contributed by atoms with Crippen molar-refractivity contribution < 1.29 is 5.11 Å². The Morgan fingerprint density at radius 3 is 2.71 bits per heavy atom. The predicted molar refractivity (Wildman–Crippen MR) is 64.7 cm³/mol. The Bertz CT molecular complexity index is 273. The van der Waals surface area contributed by atoms with E-state index in [9.17, 15) is 0 Å². The van der Waals surface area contributed by atoms with Gasteiger partial charge in [0.05, 0.1) is 3.79 Å². The molecule has 80 valence electrons.